The van der Waals surface area contributed by atoms with Gasteiger partial charge in [-0.15, -0.1) is 0 Å². The average Bonchev–Trinajstić information content (AvgIpc) is 2.50. The number of aryl methyl sites for hydroxylation is 2. The third kappa shape index (κ3) is 3.96. The third-order valence-corrected chi connectivity index (χ3v) is 4.99. The molecule has 7 nitrogen and oxygen atoms in total. The second kappa shape index (κ2) is 6.93. The Balaban J connectivity index is 2.15. The Labute approximate surface area is 135 Å². The van der Waals surface area contributed by atoms with Crippen LogP contribution < -0.4 is 15.0 Å². The molecule has 2 aromatic rings. The molecule has 0 aliphatic heterocycles. The van der Waals surface area contributed by atoms with Crippen LogP contribution in [0.25, 0.3) is 0 Å². The Kier molecular flexibility index (Phi) is 5.17. The highest BCUT2D eigenvalue weighted by Crippen LogP contribution is 2.25. The lowest BCUT2D eigenvalue weighted by Gasteiger charge is -2.13. The van der Waals surface area contributed by atoms with Crippen molar-refractivity contribution in [3.63, 3.8) is 0 Å². The Bertz CT molecular complexity index is 859. The molecule has 0 bridgehead atoms. The van der Waals surface area contributed by atoms with Gasteiger partial charge in [0.05, 0.1) is 18.6 Å². The first-order valence-electron chi connectivity index (χ1n) is 7.02. The van der Waals surface area contributed by atoms with Crippen molar-refractivity contribution in [3.8, 4) is 5.75 Å². The lowest BCUT2D eigenvalue weighted by Crippen LogP contribution is -2.32. The van der Waals surface area contributed by atoms with E-state index in [1.807, 2.05) is 0 Å². The molecule has 0 amide bonds. The predicted octanol–water partition coefficient (Wildman–Crippen LogP) is 0.847. The number of nitrogens with zero attached hydrogens (tertiary/aromatic N) is 2. The molecule has 124 valence electrons. The molecule has 0 aliphatic carbocycles. The smallest absolute Gasteiger partial charge is 0.266 e. The van der Waals surface area contributed by atoms with Gasteiger partial charge < -0.3 is 4.74 Å². The van der Waals surface area contributed by atoms with Crippen molar-refractivity contribution < 1.29 is 13.2 Å². The van der Waals surface area contributed by atoms with Crippen molar-refractivity contribution >= 4 is 10.0 Å². The number of nitrogens with one attached hydrogen (secondary N) is 1. The summed E-state index contributed by atoms with van der Waals surface area (Å²) in [6, 6.07) is 6.17. The molecule has 0 fully saturated rings. The molecule has 0 radical (unpaired) electrons. The standard InChI is InChI=1S/C15H19N3O4S/c1-11-10-14(12(2)9-13(11)22-3)23(20,21)17-7-8-18-15(19)5-4-6-16-18/h4-6,9-10,17H,7-8H2,1-3H3. The van der Waals surface area contributed by atoms with E-state index in [1.165, 1.54) is 23.0 Å². The fraction of sp³-hybridized carbons (Fsp3) is 0.333. The van der Waals surface area contributed by atoms with Gasteiger partial charge in [-0.25, -0.2) is 17.8 Å². The second-order valence-corrected chi connectivity index (χ2v) is 6.81. The first-order chi connectivity index (χ1) is 10.8. The lowest BCUT2D eigenvalue weighted by atomic mass is 10.1. The Hall–Kier alpha value is -2.19. The summed E-state index contributed by atoms with van der Waals surface area (Å²) in [5.41, 5.74) is 1.05. The SMILES string of the molecule is COc1cc(C)c(S(=O)(=O)NCCn2ncccc2=O)cc1C. The van der Waals surface area contributed by atoms with E-state index in [4.69, 9.17) is 4.74 Å². The van der Waals surface area contributed by atoms with Crippen LogP contribution in [0.3, 0.4) is 0 Å². The van der Waals surface area contributed by atoms with E-state index in [2.05, 4.69) is 9.82 Å². The van der Waals surface area contributed by atoms with Crippen LogP contribution in [0.15, 0.2) is 40.2 Å². The molecular weight excluding hydrogens is 318 g/mol. The van der Waals surface area contributed by atoms with Gasteiger partial charge in [-0.1, -0.05) is 0 Å². The molecule has 0 unspecified atom stereocenters. The molecule has 1 N–H and O–H groups in total. The van der Waals surface area contributed by atoms with Crippen LogP contribution in [0.5, 0.6) is 5.75 Å². The number of aromatic nitrogens is 2. The van der Waals surface area contributed by atoms with Crippen LogP contribution in [0.1, 0.15) is 11.1 Å². The molecule has 1 aromatic carbocycles. The molecule has 0 aliphatic rings. The summed E-state index contributed by atoms with van der Waals surface area (Å²) in [6.07, 6.45) is 1.48. The van der Waals surface area contributed by atoms with Crippen LogP contribution in [-0.2, 0) is 16.6 Å². The monoisotopic (exact) mass is 337 g/mol. The molecule has 23 heavy (non-hydrogen) atoms. The van der Waals surface area contributed by atoms with Gasteiger partial charge in [0, 0.05) is 18.8 Å². The molecule has 0 saturated heterocycles. The van der Waals surface area contributed by atoms with Gasteiger partial charge in [0.25, 0.3) is 5.56 Å². The first kappa shape index (κ1) is 17.2. The number of hydrogen-bond donors (Lipinski definition) is 1. The number of rotatable bonds is 6. The minimum Gasteiger partial charge on any atom is -0.496 e. The number of benzene rings is 1. The molecule has 0 spiro atoms. The van der Waals surface area contributed by atoms with Gasteiger partial charge in [0.15, 0.2) is 0 Å². The summed E-state index contributed by atoms with van der Waals surface area (Å²) in [5, 5.41) is 3.88. The lowest BCUT2D eigenvalue weighted by molar-refractivity contribution is 0.411. The summed E-state index contributed by atoms with van der Waals surface area (Å²) >= 11 is 0. The Morgan fingerprint density at radius 1 is 1.26 bits per heavy atom. The maximum atomic E-state index is 12.4. The Morgan fingerprint density at radius 2 is 2.00 bits per heavy atom. The minimum absolute atomic E-state index is 0.0732. The van der Waals surface area contributed by atoms with E-state index in [0.29, 0.717) is 11.3 Å². The van der Waals surface area contributed by atoms with Gasteiger partial charge in [-0.05, 0) is 43.2 Å². The summed E-state index contributed by atoms with van der Waals surface area (Å²) in [6.45, 7) is 3.72. The van der Waals surface area contributed by atoms with E-state index in [0.717, 1.165) is 5.56 Å². The van der Waals surface area contributed by atoms with E-state index in [-0.39, 0.29) is 23.5 Å². The largest absolute Gasteiger partial charge is 0.496 e. The number of methoxy groups -OCH3 is 1. The van der Waals surface area contributed by atoms with Gasteiger partial charge in [-0.3, -0.25) is 4.79 Å². The van der Waals surface area contributed by atoms with E-state index >= 15 is 0 Å². The van der Waals surface area contributed by atoms with Crippen molar-refractivity contribution in [2.24, 2.45) is 0 Å². The molecule has 8 heteroatoms. The molecule has 2 rings (SSSR count). The van der Waals surface area contributed by atoms with Gasteiger partial charge in [-0.2, -0.15) is 5.10 Å². The quantitative estimate of drug-likeness (QED) is 0.844. The topological polar surface area (TPSA) is 90.3 Å². The van der Waals surface area contributed by atoms with Crippen molar-refractivity contribution in [1.29, 1.82) is 0 Å². The van der Waals surface area contributed by atoms with Crippen LogP contribution in [0, 0.1) is 13.8 Å². The normalized spacial score (nSPS) is 11.4. The summed E-state index contributed by atoms with van der Waals surface area (Å²) in [4.78, 5) is 11.7. The Morgan fingerprint density at radius 3 is 2.65 bits per heavy atom. The molecule has 0 atom stereocenters. The number of sulfonamides is 1. The highest BCUT2D eigenvalue weighted by molar-refractivity contribution is 7.89. The predicted molar refractivity (Wildman–Crippen MR) is 86.2 cm³/mol. The molecule has 1 aromatic heterocycles. The van der Waals surface area contributed by atoms with E-state index in [9.17, 15) is 13.2 Å². The van der Waals surface area contributed by atoms with Gasteiger partial charge in [0.2, 0.25) is 10.0 Å². The van der Waals surface area contributed by atoms with Crippen LogP contribution in [0.4, 0.5) is 0 Å². The number of ether oxygens (including phenoxy) is 1. The number of hydrogen-bond acceptors (Lipinski definition) is 5. The zero-order valence-corrected chi connectivity index (χ0v) is 14.1. The zero-order chi connectivity index (χ0) is 17.0. The summed E-state index contributed by atoms with van der Waals surface area (Å²) < 4.78 is 33.7. The first-order valence-corrected chi connectivity index (χ1v) is 8.50. The van der Waals surface area contributed by atoms with Crippen molar-refractivity contribution in [2.45, 2.75) is 25.3 Å². The maximum Gasteiger partial charge on any atom is 0.266 e. The molecule has 0 saturated carbocycles. The van der Waals surface area contributed by atoms with Crippen LogP contribution >= 0.6 is 0 Å². The van der Waals surface area contributed by atoms with E-state index in [1.54, 1.807) is 33.1 Å². The fourth-order valence-electron chi connectivity index (χ4n) is 2.19. The zero-order valence-electron chi connectivity index (χ0n) is 13.2. The summed E-state index contributed by atoms with van der Waals surface area (Å²) in [5.74, 6) is 0.640. The summed E-state index contributed by atoms with van der Waals surface area (Å²) in [7, 11) is -2.13. The van der Waals surface area contributed by atoms with Crippen molar-refractivity contribution in [2.75, 3.05) is 13.7 Å². The fourth-order valence-corrected chi connectivity index (χ4v) is 3.52. The minimum atomic E-state index is -3.67. The van der Waals surface area contributed by atoms with Gasteiger partial charge in [0.1, 0.15) is 5.75 Å². The highest BCUT2D eigenvalue weighted by atomic mass is 32.2. The van der Waals surface area contributed by atoms with Gasteiger partial charge >= 0.3 is 0 Å². The molecular formula is C15H19N3O4S. The third-order valence-electron chi connectivity index (χ3n) is 3.38. The van der Waals surface area contributed by atoms with Crippen LogP contribution in [0.2, 0.25) is 0 Å². The van der Waals surface area contributed by atoms with E-state index < -0.39 is 10.0 Å². The van der Waals surface area contributed by atoms with Crippen molar-refractivity contribution in [1.82, 2.24) is 14.5 Å². The maximum absolute atomic E-state index is 12.4. The second-order valence-electron chi connectivity index (χ2n) is 5.07. The average molecular weight is 337 g/mol. The van der Waals surface area contributed by atoms with Crippen LogP contribution in [-0.4, -0.2) is 31.9 Å². The van der Waals surface area contributed by atoms with Crippen molar-refractivity contribution in [3.05, 3.63) is 51.9 Å². The highest BCUT2D eigenvalue weighted by Gasteiger charge is 2.18. The molecule has 1 heterocycles.